The monoisotopic (exact) mass is 226 g/mol. The van der Waals surface area contributed by atoms with Crippen molar-refractivity contribution in [1.82, 2.24) is 0 Å². The molecule has 0 spiro atoms. The Labute approximate surface area is 87.3 Å². The molecule has 0 atom stereocenters. The summed E-state index contributed by atoms with van der Waals surface area (Å²) in [5, 5.41) is 0. The van der Waals surface area contributed by atoms with E-state index in [2.05, 4.69) is 4.74 Å². The highest BCUT2D eigenvalue weighted by atomic mass is 35.5. The van der Waals surface area contributed by atoms with Gasteiger partial charge in [-0.25, -0.2) is 0 Å². The largest absolute Gasteiger partial charge is 0.466 e. The van der Waals surface area contributed by atoms with Gasteiger partial charge in [0.15, 0.2) is 0 Å². The summed E-state index contributed by atoms with van der Waals surface area (Å²) in [6.07, 6.45) is 0.338. The number of halogens is 2. The summed E-state index contributed by atoms with van der Waals surface area (Å²) in [5.74, 6) is -0.486. The third-order valence-corrected chi connectivity index (χ3v) is 1.60. The predicted octanol–water partition coefficient (Wildman–Crippen LogP) is 2.09. The van der Waals surface area contributed by atoms with Crippen LogP contribution in [0.1, 0.15) is 26.2 Å². The van der Waals surface area contributed by atoms with Crippen molar-refractivity contribution < 1.29 is 14.3 Å². The first-order chi connectivity index (χ1) is 6.06. The van der Waals surface area contributed by atoms with Crippen LogP contribution in [0.5, 0.6) is 0 Å². The van der Waals surface area contributed by atoms with E-state index in [9.17, 15) is 9.59 Å². The second kappa shape index (κ2) is 7.15. The van der Waals surface area contributed by atoms with Crippen molar-refractivity contribution in [2.24, 2.45) is 0 Å². The normalized spacial score (nSPS) is 10.2. The maximum atomic E-state index is 11.0. The van der Waals surface area contributed by atoms with Gasteiger partial charge < -0.3 is 4.74 Å². The van der Waals surface area contributed by atoms with Gasteiger partial charge in [0.2, 0.25) is 0 Å². The number of carbonyl (C=O) groups excluding carboxylic acids is 2. The van der Waals surface area contributed by atoms with Crippen molar-refractivity contribution in [3.8, 4) is 0 Å². The van der Waals surface area contributed by atoms with Gasteiger partial charge in [-0.2, -0.15) is 0 Å². The maximum absolute atomic E-state index is 11.0. The highest BCUT2D eigenvalue weighted by molar-refractivity contribution is 6.45. The Kier molecular flexibility index (Phi) is 7.00. The SMILES string of the molecule is CCOC(=O)CCC(=O)CC(Cl)Cl. The van der Waals surface area contributed by atoms with Gasteiger partial charge in [0.1, 0.15) is 10.6 Å². The summed E-state index contributed by atoms with van der Waals surface area (Å²) >= 11 is 10.8. The molecule has 5 heteroatoms. The first-order valence-electron chi connectivity index (χ1n) is 4.01. The maximum Gasteiger partial charge on any atom is 0.306 e. The van der Waals surface area contributed by atoms with E-state index >= 15 is 0 Å². The van der Waals surface area contributed by atoms with Crippen LogP contribution in [0.15, 0.2) is 0 Å². The van der Waals surface area contributed by atoms with Gasteiger partial charge in [0.25, 0.3) is 0 Å². The molecule has 0 aromatic heterocycles. The van der Waals surface area contributed by atoms with Gasteiger partial charge in [-0.3, -0.25) is 9.59 Å². The molecular weight excluding hydrogens is 215 g/mol. The fraction of sp³-hybridized carbons (Fsp3) is 0.750. The van der Waals surface area contributed by atoms with E-state index in [1.54, 1.807) is 6.92 Å². The quantitative estimate of drug-likeness (QED) is 0.515. The first kappa shape index (κ1) is 12.7. The number of alkyl halides is 2. The van der Waals surface area contributed by atoms with Crippen molar-refractivity contribution in [2.45, 2.75) is 31.0 Å². The van der Waals surface area contributed by atoms with Crippen molar-refractivity contribution >= 4 is 35.0 Å². The highest BCUT2D eigenvalue weighted by Crippen LogP contribution is 2.09. The molecule has 0 unspecified atom stereocenters. The van der Waals surface area contributed by atoms with E-state index in [4.69, 9.17) is 23.2 Å². The smallest absolute Gasteiger partial charge is 0.306 e. The van der Waals surface area contributed by atoms with Crippen LogP contribution >= 0.6 is 23.2 Å². The van der Waals surface area contributed by atoms with Crippen LogP contribution in [0.25, 0.3) is 0 Å². The molecular formula is C8H12Cl2O3. The average molecular weight is 227 g/mol. The minimum Gasteiger partial charge on any atom is -0.466 e. The number of Topliss-reactive ketones (excluding diaryl/α,β-unsaturated/α-hetero) is 1. The molecule has 0 aromatic rings. The molecule has 0 rings (SSSR count). The molecule has 3 nitrogen and oxygen atoms in total. The summed E-state index contributed by atoms with van der Waals surface area (Å²) in [6.45, 7) is 2.05. The lowest BCUT2D eigenvalue weighted by Crippen LogP contribution is -2.09. The average Bonchev–Trinajstić information content (AvgIpc) is 2.00. The summed E-state index contributed by atoms with van der Waals surface area (Å²) in [4.78, 5) is 21.1. The van der Waals surface area contributed by atoms with Gasteiger partial charge >= 0.3 is 5.97 Å². The van der Waals surface area contributed by atoms with E-state index in [1.165, 1.54) is 0 Å². The first-order valence-corrected chi connectivity index (χ1v) is 4.89. The molecule has 0 N–H and O–H groups in total. The summed E-state index contributed by atoms with van der Waals surface area (Å²) < 4.78 is 4.64. The Morgan fingerprint density at radius 2 is 1.92 bits per heavy atom. The Bertz CT molecular complexity index is 180. The second-order valence-corrected chi connectivity index (χ2v) is 3.72. The van der Waals surface area contributed by atoms with Crippen molar-refractivity contribution in [3.05, 3.63) is 0 Å². The summed E-state index contributed by atoms with van der Waals surface area (Å²) in [6, 6.07) is 0. The fourth-order valence-electron chi connectivity index (χ4n) is 0.749. The van der Waals surface area contributed by atoms with Gasteiger partial charge in [-0.15, -0.1) is 23.2 Å². The van der Waals surface area contributed by atoms with Gasteiger partial charge in [-0.05, 0) is 6.92 Å². The van der Waals surface area contributed by atoms with E-state index in [0.29, 0.717) is 6.61 Å². The van der Waals surface area contributed by atoms with Gasteiger partial charge in [-0.1, -0.05) is 0 Å². The van der Waals surface area contributed by atoms with Crippen LogP contribution in [0.4, 0.5) is 0 Å². The number of ether oxygens (including phenoxy) is 1. The molecule has 76 valence electrons. The number of rotatable bonds is 6. The van der Waals surface area contributed by atoms with E-state index < -0.39 is 4.84 Å². The van der Waals surface area contributed by atoms with Crippen LogP contribution in [-0.4, -0.2) is 23.2 Å². The molecule has 0 aliphatic heterocycles. The zero-order valence-electron chi connectivity index (χ0n) is 7.39. The summed E-state index contributed by atoms with van der Waals surface area (Å²) in [5.41, 5.74) is 0. The Morgan fingerprint density at radius 3 is 2.38 bits per heavy atom. The van der Waals surface area contributed by atoms with Gasteiger partial charge in [0.05, 0.1) is 13.0 Å². The molecule has 0 radical (unpaired) electrons. The molecule has 0 heterocycles. The third kappa shape index (κ3) is 8.06. The lowest BCUT2D eigenvalue weighted by molar-refractivity contribution is -0.144. The molecule has 0 bridgehead atoms. The predicted molar refractivity (Wildman–Crippen MR) is 51.0 cm³/mol. The number of carbonyl (C=O) groups is 2. The molecule has 0 fully saturated rings. The Morgan fingerprint density at radius 1 is 1.31 bits per heavy atom. The standard InChI is InChI=1S/C8H12Cl2O3/c1-2-13-8(12)4-3-6(11)5-7(9)10/h7H,2-5H2,1H3. The summed E-state index contributed by atoms with van der Waals surface area (Å²) in [7, 11) is 0. The number of hydrogen-bond donors (Lipinski definition) is 0. The Balaban J connectivity index is 3.52. The van der Waals surface area contributed by atoms with Crippen LogP contribution in [0, 0.1) is 0 Å². The van der Waals surface area contributed by atoms with Crippen molar-refractivity contribution in [3.63, 3.8) is 0 Å². The van der Waals surface area contributed by atoms with E-state index in [0.717, 1.165) is 0 Å². The third-order valence-electron chi connectivity index (χ3n) is 1.30. The molecule has 0 aliphatic rings. The Hall–Kier alpha value is -0.280. The van der Waals surface area contributed by atoms with Crippen LogP contribution in [0.2, 0.25) is 0 Å². The molecule has 0 saturated heterocycles. The topological polar surface area (TPSA) is 43.4 Å². The van der Waals surface area contributed by atoms with Crippen LogP contribution < -0.4 is 0 Å². The number of esters is 1. The zero-order valence-corrected chi connectivity index (χ0v) is 8.90. The van der Waals surface area contributed by atoms with Gasteiger partial charge in [0, 0.05) is 12.8 Å². The number of hydrogen-bond acceptors (Lipinski definition) is 3. The molecule has 0 aliphatic carbocycles. The molecule has 0 amide bonds. The fourth-order valence-corrected chi connectivity index (χ4v) is 1.09. The van der Waals surface area contributed by atoms with E-state index in [-0.39, 0.29) is 31.0 Å². The van der Waals surface area contributed by atoms with Crippen molar-refractivity contribution in [1.29, 1.82) is 0 Å². The van der Waals surface area contributed by atoms with Crippen LogP contribution in [-0.2, 0) is 14.3 Å². The highest BCUT2D eigenvalue weighted by Gasteiger charge is 2.10. The zero-order chi connectivity index (χ0) is 10.3. The second-order valence-electron chi connectivity index (χ2n) is 2.44. The lowest BCUT2D eigenvalue weighted by atomic mass is 10.2. The molecule has 0 saturated carbocycles. The minimum absolute atomic E-state index is 0.0858. The van der Waals surface area contributed by atoms with E-state index in [1.807, 2.05) is 0 Å². The molecule has 0 aromatic carbocycles. The van der Waals surface area contributed by atoms with Crippen molar-refractivity contribution in [2.75, 3.05) is 6.61 Å². The number of ketones is 1. The lowest BCUT2D eigenvalue weighted by Gasteiger charge is -2.01. The molecule has 13 heavy (non-hydrogen) atoms. The minimum atomic E-state index is -0.685. The van der Waals surface area contributed by atoms with Crippen LogP contribution in [0.3, 0.4) is 0 Å².